The zero-order chi connectivity index (χ0) is 18.9. The van der Waals surface area contributed by atoms with Gasteiger partial charge in [-0.3, -0.25) is 4.79 Å². The van der Waals surface area contributed by atoms with Crippen LogP contribution in [0, 0.1) is 5.92 Å². The molecule has 1 amide bonds. The first-order valence-electron chi connectivity index (χ1n) is 9.59. The molecular formula is C20H30N2O3S. The van der Waals surface area contributed by atoms with Crippen LogP contribution in [0.3, 0.4) is 0 Å². The van der Waals surface area contributed by atoms with Crippen LogP contribution >= 0.6 is 0 Å². The Kier molecular flexibility index (Phi) is 5.45. The Balaban J connectivity index is 1.65. The van der Waals surface area contributed by atoms with E-state index in [1.807, 2.05) is 17.0 Å². The molecule has 26 heavy (non-hydrogen) atoms. The third-order valence-electron chi connectivity index (χ3n) is 5.58. The van der Waals surface area contributed by atoms with Crippen molar-refractivity contribution in [3.8, 4) is 0 Å². The van der Waals surface area contributed by atoms with Crippen LogP contribution in [0.4, 0.5) is 0 Å². The normalized spacial score (nSPS) is 20.5. The molecule has 0 radical (unpaired) electrons. The maximum atomic E-state index is 12.9. The maximum Gasteiger partial charge on any atom is 0.243 e. The predicted octanol–water partition coefficient (Wildman–Crippen LogP) is 3.01. The van der Waals surface area contributed by atoms with Crippen molar-refractivity contribution < 1.29 is 13.2 Å². The summed E-state index contributed by atoms with van der Waals surface area (Å²) in [7, 11) is -3.48. The van der Waals surface area contributed by atoms with Gasteiger partial charge in [0.25, 0.3) is 0 Å². The summed E-state index contributed by atoms with van der Waals surface area (Å²) in [4.78, 5) is 14.8. The van der Waals surface area contributed by atoms with E-state index in [0.717, 1.165) is 31.5 Å². The highest BCUT2D eigenvalue weighted by molar-refractivity contribution is 7.89. The molecule has 1 aromatic carbocycles. The smallest absolute Gasteiger partial charge is 0.243 e. The molecule has 0 atom stereocenters. The summed E-state index contributed by atoms with van der Waals surface area (Å²) in [6.07, 6.45) is 3.41. The van der Waals surface area contributed by atoms with Gasteiger partial charge in [-0.05, 0) is 48.8 Å². The van der Waals surface area contributed by atoms with Crippen molar-refractivity contribution in [1.29, 1.82) is 0 Å². The summed E-state index contributed by atoms with van der Waals surface area (Å²) < 4.78 is 27.4. The monoisotopic (exact) mass is 378 g/mol. The Hall–Kier alpha value is -1.40. The molecule has 5 nitrogen and oxygen atoms in total. The van der Waals surface area contributed by atoms with Crippen molar-refractivity contribution in [3.05, 3.63) is 29.8 Å². The SMILES string of the molecule is CC(C)(C)c1ccc(S(=O)(=O)N2CCC(C(=O)N3CCCC3)CC2)cc1. The molecule has 0 unspecified atom stereocenters. The summed E-state index contributed by atoms with van der Waals surface area (Å²) in [5, 5.41) is 0. The van der Waals surface area contributed by atoms with Crippen molar-refractivity contribution in [2.24, 2.45) is 5.92 Å². The third kappa shape index (κ3) is 3.96. The molecule has 2 aliphatic heterocycles. The quantitative estimate of drug-likeness (QED) is 0.812. The molecule has 0 bridgehead atoms. The van der Waals surface area contributed by atoms with E-state index in [4.69, 9.17) is 0 Å². The highest BCUT2D eigenvalue weighted by Crippen LogP contribution is 2.28. The van der Waals surface area contributed by atoms with Crippen LogP contribution in [0.5, 0.6) is 0 Å². The van der Waals surface area contributed by atoms with Gasteiger partial charge in [0.2, 0.25) is 15.9 Å². The van der Waals surface area contributed by atoms with E-state index in [1.165, 1.54) is 4.31 Å². The minimum Gasteiger partial charge on any atom is -0.342 e. The fourth-order valence-corrected chi connectivity index (χ4v) is 5.28. The summed E-state index contributed by atoms with van der Waals surface area (Å²) in [6.45, 7) is 8.89. The Labute approximate surface area is 157 Å². The number of likely N-dealkylation sites (tertiary alicyclic amines) is 1. The van der Waals surface area contributed by atoms with Gasteiger partial charge in [-0.1, -0.05) is 32.9 Å². The number of carbonyl (C=O) groups excluding carboxylic acids is 1. The minimum absolute atomic E-state index is 0.00340. The highest BCUT2D eigenvalue weighted by atomic mass is 32.2. The molecule has 2 saturated heterocycles. The number of hydrogen-bond acceptors (Lipinski definition) is 3. The van der Waals surface area contributed by atoms with Gasteiger partial charge in [0.05, 0.1) is 4.90 Å². The molecule has 2 heterocycles. The van der Waals surface area contributed by atoms with Crippen LogP contribution < -0.4 is 0 Å². The zero-order valence-electron chi connectivity index (χ0n) is 16.1. The van der Waals surface area contributed by atoms with E-state index in [9.17, 15) is 13.2 Å². The van der Waals surface area contributed by atoms with Crippen LogP contribution in [0.15, 0.2) is 29.2 Å². The molecule has 0 aromatic heterocycles. The van der Waals surface area contributed by atoms with E-state index in [0.29, 0.717) is 30.8 Å². The van der Waals surface area contributed by atoms with E-state index in [1.54, 1.807) is 12.1 Å². The van der Waals surface area contributed by atoms with Crippen LogP contribution in [0.25, 0.3) is 0 Å². The highest BCUT2D eigenvalue weighted by Gasteiger charge is 2.34. The lowest BCUT2D eigenvalue weighted by Crippen LogP contribution is -2.43. The van der Waals surface area contributed by atoms with Crippen LogP contribution in [0.1, 0.15) is 52.0 Å². The fourth-order valence-electron chi connectivity index (χ4n) is 3.81. The van der Waals surface area contributed by atoms with Gasteiger partial charge < -0.3 is 4.90 Å². The van der Waals surface area contributed by atoms with Crippen molar-refractivity contribution in [1.82, 2.24) is 9.21 Å². The van der Waals surface area contributed by atoms with Gasteiger partial charge in [0.15, 0.2) is 0 Å². The molecule has 0 aliphatic carbocycles. The summed E-state index contributed by atoms with van der Waals surface area (Å²) in [5.41, 5.74) is 1.11. The third-order valence-corrected chi connectivity index (χ3v) is 7.49. The number of rotatable bonds is 3. The molecule has 2 aliphatic rings. The second-order valence-electron chi connectivity index (χ2n) is 8.49. The standard InChI is InChI=1S/C20H30N2O3S/c1-20(2,3)17-6-8-18(9-7-17)26(24,25)22-14-10-16(11-15-22)19(23)21-12-4-5-13-21/h6-9,16H,4-5,10-15H2,1-3H3. The second-order valence-corrected chi connectivity index (χ2v) is 10.4. The fraction of sp³-hybridized carbons (Fsp3) is 0.650. The number of nitrogens with zero attached hydrogens (tertiary/aromatic N) is 2. The van der Waals surface area contributed by atoms with Crippen LogP contribution in [-0.2, 0) is 20.2 Å². The molecule has 144 valence electrons. The average molecular weight is 379 g/mol. The Morgan fingerprint density at radius 1 is 0.962 bits per heavy atom. The first-order chi connectivity index (χ1) is 12.2. The molecule has 0 saturated carbocycles. The van der Waals surface area contributed by atoms with E-state index < -0.39 is 10.0 Å². The lowest BCUT2D eigenvalue weighted by molar-refractivity contribution is -0.135. The van der Waals surface area contributed by atoms with Crippen LogP contribution in [-0.4, -0.2) is 49.7 Å². The van der Waals surface area contributed by atoms with Gasteiger partial charge >= 0.3 is 0 Å². The van der Waals surface area contributed by atoms with Gasteiger partial charge in [0, 0.05) is 32.1 Å². The first kappa shape index (κ1) is 19.4. The van der Waals surface area contributed by atoms with Crippen molar-refractivity contribution >= 4 is 15.9 Å². The summed E-state index contributed by atoms with van der Waals surface area (Å²) in [6, 6.07) is 7.21. The number of piperidine rings is 1. The summed E-state index contributed by atoms with van der Waals surface area (Å²) in [5.74, 6) is 0.192. The maximum absolute atomic E-state index is 12.9. The molecule has 0 N–H and O–H groups in total. The summed E-state index contributed by atoms with van der Waals surface area (Å²) >= 11 is 0. The Morgan fingerprint density at radius 3 is 2.00 bits per heavy atom. The van der Waals surface area contributed by atoms with Crippen molar-refractivity contribution in [3.63, 3.8) is 0 Å². The van der Waals surface area contributed by atoms with Crippen LogP contribution in [0.2, 0.25) is 0 Å². The lowest BCUT2D eigenvalue weighted by atomic mass is 9.87. The number of hydrogen-bond donors (Lipinski definition) is 0. The Morgan fingerprint density at radius 2 is 1.50 bits per heavy atom. The Bertz CT molecular complexity index is 736. The van der Waals surface area contributed by atoms with E-state index in [2.05, 4.69) is 20.8 Å². The number of amides is 1. The van der Waals surface area contributed by atoms with Gasteiger partial charge in [-0.15, -0.1) is 0 Å². The van der Waals surface area contributed by atoms with Crippen molar-refractivity contribution in [2.45, 2.75) is 56.8 Å². The molecule has 2 fully saturated rings. The van der Waals surface area contributed by atoms with Gasteiger partial charge in [0.1, 0.15) is 0 Å². The van der Waals surface area contributed by atoms with E-state index >= 15 is 0 Å². The van der Waals surface area contributed by atoms with E-state index in [-0.39, 0.29) is 17.2 Å². The topological polar surface area (TPSA) is 57.7 Å². The number of carbonyl (C=O) groups is 1. The lowest BCUT2D eigenvalue weighted by Gasteiger charge is -2.32. The molecule has 0 spiro atoms. The molecular weight excluding hydrogens is 348 g/mol. The molecule has 1 aromatic rings. The van der Waals surface area contributed by atoms with Gasteiger partial charge in [-0.2, -0.15) is 4.31 Å². The molecule has 3 rings (SSSR count). The number of sulfonamides is 1. The van der Waals surface area contributed by atoms with Crippen molar-refractivity contribution in [2.75, 3.05) is 26.2 Å². The van der Waals surface area contributed by atoms with Gasteiger partial charge in [-0.25, -0.2) is 8.42 Å². The first-order valence-corrected chi connectivity index (χ1v) is 11.0. The largest absolute Gasteiger partial charge is 0.342 e. The minimum atomic E-state index is -3.48. The second kappa shape index (κ2) is 7.31. The zero-order valence-corrected chi connectivity index (χ0v) is 16.9. The average Bonchev–Trinajstić information content (AvgIpc) is 3.15. The predicted molar refractivity (Wildman–Crippen MR) is 102 cm³/mol. The number of benzene rings is 1. The molecule has 6 heteroatoms.